The van der Waals surface area contributed by atoms with Crippen LogP contribution in [0.25, 0.3) is 0 Å². The maximum Gasteiger partial charge on any atom is 0.249 e. The number of carbonyl (C=O) groups excluding carboxylic acids is 3. The first-order valence-corrected chi connectivity index (χ1v) is 18.8. The molecule has 0 bridgehead atoms. The Hall–Kier alpha value is -2.49. The van der Waals surface area contributed by atoms with Crippen LogP contribution < -0.4 is 16.0 Å². The van der Waals surface area contributed by atoms with Crippen molar-refractivity contribution < 1.29 is 19.1 Å². The molecule has 1 atom stereocenters. The van der Waals surface area contributed by atoms with Crippen LogP contribution in [0, 0.1) is 5.41 Å². The summed E-state index contributed by atoms with van der Waals surface area (Å²) in [4.78, 5) is 36.4. The minimum absolute atomic E-state index is 0.0232. The molecule has 0 spiro atoms. The predicted octanol–water partition coefficient (Wildman–Crippen LogP) is 7.65. The molecule has 0 aromatic heterocycles. The number of hydrogen-bond acceptors (Lipinski definition) is 6. The molecule has 0 aromatic carbocycles. The van der Waals surface area contributed by atoms with Gasteiger partial charge < -0.3 is 20.7 Å². The Morgan fingerprint density at radius 1 is 0.644 bits per heavy atom. The van der Waals surface area contributed by atoms with E-state index < -0.39 is 6.10 Å². The van der Waals surface area contributed by atoms with Crippen molar-refractivity contribution in [1.82, 2.24) is 16.0 Å². The topological polar surface area (TPSA) is 96.5 Å². The average Bonchev–Trinajstić information content (AvgIpc) is 3.01. The number of ether oxygens (including phenoxy) is 1. The van der Waals surface area contributed by atoms with Crippen molar-refractivity contribution in [2.45, 2.75) is 91.6 Å². The third kappa shape index (κ3) is 26.4. The van der Waals surface area contributed by atoms with Crippen molar-refractivity contribution in [3.8, 4) is 0 Å². The van der Waals surface area contributed by atoms with E-state index in [-0.39, 0.29) is 36.1 Å². The monoisotopic (exact) mass is 661 g/mol. The van der Waals surface area contributed by atoms with Crippen LogP contribution in [0.5, 0.6) is 0 Å². The summed E-state index contributed by atoms with van der Waals surface area (Å²) in [5.74, 6) is 1.32. The van der Waals surface area contributed by atoms with E-state index in [1.54, 1.807) is 21.6 Å². The van der Waals surface area contributed by atoms with Crippen LogP contribution in [0.3, 0.4) is 0 Å². The van der Waals surface area contributed by atoms with Gasteiger partial charge in [-0.15, -0.1) is 0 Å². The number of nitrogens with one attached hydrogen (secondary N) is 3. The summed E-state index contributed by atoms with van der Waals surface area (Å²) in [6.45, 7) is 9.61. The molecule has 0 radical (unpaired) electrons. The molecule has 0 saturated heterocycles. The molecule has 254 valence electrons. The van der Waals surface area contributed by atoms with Crippen molar-refractivity contribution in [3.63, 3.8) is 0 Å². The van der Waals surface area contributed by atoms with Gasteiger partial charge in [-0.1, -0.05) is 122 Å². The van der Waals surface area contributed by atoms with Crippen molar-refractivity contribution >= 4 is 39.3 Å². The van der Waals surface area contributed by atoms with E-state index in [0.717, 1.165) is 56.5 Å². The molecule has 7 nitrogen and oxygen atoms in total. The van der Waals surface area contributed by atoms with Gasteiger partial charge in [0.25, 0.3) is 0 Å². The Labute approximate surface area is 281 Å². The highest BCUT2D eigenvalue weighted by atomic mass is 33.1. The SMILES string of the molecule is CC/C=C\C/C=C\C/C=C\C/C=C\C/C=C\C/C=C\CC(=O)NCCSSCCNC(=O)CCNC(=O)[C@H](OC)C(C)(C)CC. The Balaban J connectivity index is 3.69. The van der Waals surface area contributed by atoms with Crippen molar-refractivity contribution in [2.24, 2.45) is 5.41 Å². The van der Waals surface area contributed by atoms with Crippen LogP contribution >= 0.6 is 21.6 Å². The third-order valence-electron chi connectivity index (χ3n) is 6.74. The first kappa shape index (κ1) is 42.5. The van der Waals surface area contributed by atoms with Crippen LogP contribution in [0.15, 0.2) is 72.9 Å². The zero-order chi connectivity index (χ0) is 33.4. The highest BCUT2D eigenvalue weighted by molar-refractivity contribution is 8.76. The minimum Gasteiger partial charge on any atom is -0.371 e. The molecular formula is C36H59N3O4S2. The molecule has 0 aromatic rings. The van der Waals surface area contributed by atoms with Gasteiger partial charge in [0.05, 0.1) is 0 Å². The molecule has 0 aliphatic carbocycles. The Morgan fingerprint density at radius 3 is 1.53 bits per heavy atom. The summed E-state index contributed by atoms with van der Waals surface area (Å²) < 4.78 is 5.37. The van der Waals surface area contributed by atoms with Crippen molar-refractivity contribution in [3.05, 3.63) is 72.9 Å². The molecule has 45 heavy (non-hydrogen) atoms. The van der Waals surface area contributed by atoms with Gasteiger partial charge >= 0.3 is 0 Å². The van der Waals surface area contributed by atoms with E-state index in [1.165, 1.54) is 7.11 Å². The van der Waals surface area contributed by atoms with Gasteiger partial charge in [-0.2, -0.15) is 0 Å². The quantitative estimate of drug-likeness (QED) is 0.0476. The number of amides is 3. The number of hydrogen-bond donors (Lipinski definition) is 3. The molecule has 0 heterocycles. The molecule has 0 rings (SSSR count). The lowest BCUT2D eigenvalue weighted by Gasteiger charge is -2.31. The van der Waals surface area contributed by atoms with E-state index in [2.05, 4.69) is 83.6 Å². The lowest BCUT2D eigenvalue weighted by atomic mass is 9.83. The maximum absolute atomic E-state index is 12.4. The van der Waals surface area contributed by atoms with Gasteiger partial charge in [0.15, 0.2) is 0 Å². The van der Waals surface area contributed by atoms with Crippen LogP contribution in [0.2, 0.25) is 0 Å². The highest BCUT2D eigenvalue weighted by Gasteiger charge is 2.33. The van der Waals surface area contributed by atoms with Gasteiger partial charge in [-0.25, -0.2) is 0 Å². The molecule has 0 aliphatic heterocycles. The fraction of sp³-hybridized carbons (Fsp3) is 0.583. The number of methoxy groups -OCH3 is 1. The van der Waals surface area contributed by atoms with Gasteiger partial charge in [-0.05, 0) is 50.4 Å². The highest BCUT2D eigenvalue weighted by Crippen LogP contribution is 2.27. The Bertz CT molecular complexity index is 971. The fourth-order valence-electron chi connectivity index (χ4n) is 3.81. The van der Waals surface area contributed by atoms with E-state index in [1.807, 2.05) is 32.9 Å². The normalized spacial score (nSPS) is 13.3. The second-order valence-electron chi connectivity index (χ2n) is 11.0. The largest absolute Gasteiger partial charge is 0.371 e. The first-order valence-electron chi connectivity index (χ1n) is 16.3. The molecular weight excluding hydrogens is 603 g/mol. The third-order valence-corrected chi connectivity index (χ3v) is 9.15. The lowest BCUT2D eigenvalue weighted by molar-refractivity contribution is -0.138. The van der Waals surface area contributed by atoms with Crippen molar-refractivity contribution in [1.29, 1.82) is 0 Å². The van der Waals surface area contributed by atoms with Crippen molar-refractivity contribution in [2.75, 3.05) is 38.2 Å². The average molecular weight is 662 g/mol. The zero-order valence-electron chi connectivity index (χ0n) is 28.4. The summed E-state index contributed by atoms with van der Waals surface area (Å²) >= 11 is 0. The number of allylic oxidation sites excluding steroid dienone is 11. The minimum atomic E-state index is -0.541. The van der Waals surface area contributed by atoms with E-state index in [4.69, 9.17) is 4.74 Å². The van der Waals surface area contributed by atoms with Crippen LogP contribution in [0.4, 0.5) is 0 Å². The van der Waals surface area contributed by atoms with E-state index in [9.17, 15) is 14.4 Å². The maximum atomic E-state index is 12.4. The predicted molar refractivity (Wildman–Crippen MR) is 196 cm³/mol. The molecule has 0 saturated carbocycles. The Morgan fingerprint density at radius 2 is 1.09 bits per heavy atom. The van der Waals surface area contributed by atoms with Crippen LogP contribution in [0.1, 0.15) is 85.5 Å². The summed E-state index contributed by atoms with van der Waals surface area (Å²) in [5, 5.41) is 8.60. The standard InChI is InChI=1S/C36H59N3O4S2/c1-6-8-9-10-11-12-13-14-15-16-17-18-19-20-21-22-23-24-25-32(40)37-28-30-44-45-31-29-38-33(41)26-27-39-35(42)34(43-5)36(3,4)7-2/h8-9,11-12,14-15,17-18,20-21,23-24,34H,6-7,10,13,16,19,22,25-31H2,1-5H3,(H,37,40)(H,38,41)(H,39,42)/b9-8-,12-11-,15-14-,18-17-,21-20-,24-23-/t34-/m0/s1. The fourth-order valence-corrected chi connectivity index (χ4v) is 5.63. The molecule has 0 aliphatic rings. The smallest absolute Gasteiger partial charge is 0.249 e. The zero-order valence-corrected chi connectivity index (χ0v) is 30.0. The van der Waals surface area contributed by atoms with Gasteiger partial charge in [0.2, 0.25) is 17.7 Å². The van der Waals surface area contributed by atoms with E-state index in [0.29, 0.717) is 19.5 Å². The summed E-state index contributed by atoms with van der Waals surface area (Å²) in [6, 6.07) is 0. The summed E-state index contributed by atoms with van der Waals surface area (Å²) in [5.41, 5.74) is -0.270. The first-order chi connectivity index (χ1) is 21.8. The number of carbonyl (C=O) groups is 3. The summed E-state index contributed by atoms with van der Waals surface area (Å²) in [7, 11) is 4.86. The molecule has 0 unspecified atom stereocenters. The van der Waals surface area contributed by atoms with E-state index >= 15 is 0 Å². The molecule has 0 fully saturated rings. The second kappa shape index (κ2) is 30.2. The lowest BCUT2D eigenvalue weighted by Crippen LogP contribution is -2.45. The molecule has 3 amide bonds. The van der Waals surface area contributed by atoms with Crippen LogP contribution in [-0.4, -0.2) is 62.1 Å². The summed E-state index contributed by atoms with van der Waals surface area (Å²) in [6.07, 6.45) is 32.4. The van der Waals surface area contributed by atoms with Crippen LogP contribution in [-0.2, 0) is 19.1 Å². The molecule has 9 heteroatoms. The molecule has 3 N–H and O–H groups in total. The van der Waals surface area contributed by atoms with Gasteiger partial charge in [0.1, 0.15) is 6.10 Å². The van der Waals surface area contributed by atoms with Gasteiger partial charge in [0, 0.05) is 51.1 Å². The number of rotatable bonds is 27. The van der Waals surface area contributed by atoms with Gasteiger partial charge in [-0.3, -0.25) is 14.4 Å². The second-order valence-corrected chi connectivity index (χ2v) is 13.7. The Kier molecular flexibility index (Phi) is 28.5.